The highest BCUT2D eigenvalue weighted by Gasteiger charge is 2.08. The minimum Gasteiger partial charge on any atom is -0.497 e. The Morgan fingerprint density at radius 2 is 2.05 bits per heavy atom. The summed E-state index contributed by atoms with van der Waals surface area (Å²) >= 11 is 3.43. The van der Waals surface area contributed by atoms with Crippen molar-refractivity contribution in [2.24, 2.45) is 10.9 Å². The fourth-order valence-electron chi connectivity index (χ4n) is 1.83. The number of ether oxygens (including phenoxy) is 2. The van der Waals surface area contributed by atoms with Crippen LogP contribution in [0.4, 0.5) is 0 Å². The average molecular weight is 351 g/mol. The summed E-state index contributed by atoms with van der Waals surface area (Å²) in [6.07, 6.45) is 0. The van der Waals surface area contributed by atoms with Gasteiger partial charge in [-0.3, -0.25) is 0 Å². The van der Waals surface area contributed by atoms with Gasteiger partial charge in [0.15, 0.2) is 5.84 Å². The van der Waals surface area contributed by atoms with E-state index < -0.39 is 0 Å². The molecular weight excluding hydrogens is 336 g/mol. The minimum absolute atomic E-state index is 0.0583. The van der Waals surface area contributed by atoms with Crippen LogP contribution in [0, 0.1) is 0 Å². The van der Waals surface area contributed by atoms with Crippen molar-refractivity contribution >= 4 is 21.8 Å². The highest BCUT2D eigenvalue weighted by molar-refractivity contribution is 9.10. The molecule has 0 saturated heterocycles. The van der Waals surface area contributed by atoms with E-state index in [0.29, 0.717) is 17.9 Å². The maximum absolute atomic E-state index is 8.80. The molecule has 0 heterocycles. The summed E-state index contributed by atoms with van der Waals surface area (Å²) < 4.78 is 11.7. The van der Waals surface area contributed by atoms with Crippen molar-refractivity contribution in [2.45, 2.75) is 6.61 Å². The van der Waals surface area contributed by atoms with Crippen molar-refractivity contribution in [3.05, 3.63) is 58.1 Å². The van der Waals surface area contributed by atoms with Crippen LogP contribution in [-0.4, -0.2) is 18.2 Å². The van der Waals surface area contributed by atoms with E-state index in [0.717, 1.165) is 15.8 Å². The van der Waals surface area contributed by atoms with Gasteiger partial charge in [0.05, 0.1) is 11.6 Å². The molecule has 2 aromatic rings. The molecule has 6 heteroatoms. The van der Waals surface area contributed by atoms with E-state index in [-0.39, 0.29) is 5.84 Å². The van der Waals surface area contributed by atoms with Gasteiger partial charge in [0, 0.05) is 11.1 Å². The van der Waals surface area contributed by atoms with Gasteiger partial charge in [-0.2, -0.15) is 0 Å². The molecule has 0 spiro atoms. The molecule has 110 valence electrons. The summed E-state index contributed by atoms with van der Waals surface area (Å²) in [5.74, 6) is 1.49. The summed E-state index contributed by atoms with van der Waals surface area (Å²) in [6.45, 7) is 0.303. The Hall–Kier alpha value is -2.21. The van der Waals surface area contributed by atoms with Gasteiger partial charge in [-0.05, 0) is 34.1 Å². The van der Waals surface area contributed by atoms with E-state index in [9.17, 15) is 0 Å². The van der Waals surface area contributed by atoms with Crippen LogP contribution in [-0.2, 0) is 6.61 Å². The molecule has 0 bridgehead atoms. The van der Waals surface area contributed by atoms with E-state index in [1.165, 1.54) is 0 Å². The van der Waals surface area contributed by atoms with Crippen molar-refractivity contribution in [3.8, 4) is 11.5 Å². The second kappa shape index (κ2) is 6.99. The maximum atomic E-state index is 8.80. The highest BCUT2D eigenvalue weighted by atomic mass is 79.9. The smallest absolute Gasteiger partial charge is 0.170 e. The Morgan fingerprint density at radius 1 is 1.29 bits per heavy atom. The van der Waals surface area contributed by atoms with Crippen LogP contribution >= 0.6 is 15.9 Å². The van der Waals surface area contributed by atoms with Gasteiger partial charge < -0.3 is 20.4 Å². The Labute approximate surface area is 131 Å². The monoisotopic (exact) mass is 350 g/mol. The number of rotatable bonds is 5. The standard InChI is InChI=1S/C15H15BrN2O3/c1-20-11-6-7-14(13(16)8-11)21-9-10-4-2-3-5-12(10)15(17)18-19/h2-8,19H,9H2,1H3,(H2,17,18). The lowest BCUT2D eigenvalue weighted by atomic mass is 10.1. The van der Waals surface area contributed by atoms with Crippen LogP contribution in [0.2, 0.25) is 0 Å². The topological polar surface area (TPSA) is 77.1 Å². The Balaban J connectivity index is 2.17. The van der Waals surface area contributed by atoms with Gasteiger partial charge in [-0.15, -0.1) is 0 Å². The van der Waals surface area contributed by atoms with Crippen molar-refractivity contribution in [3.63, 3.8) is 0 Å². The summed E-state index contributed by atoms with van der Waals surface area (Å²) in [6, 6.07) is 12.8. The summed E-state index contributed by atoms with van der Waals surface area (Å²) in [4.78, 5) is 0. The molecule has 0 aromatic heterocycles. The van der Waals surface area contributed by atoms with Crippen LogP contribution in [0.15, 0.2) is 52.1 Å². The Morgan fingerprint density at radius 3 is 2.71 bits per heavy atom. The van der Waals surface area contributed by atoms with Gasteiger partial charge in [-0.25, -0.2) is 0 Å². The predicted octanol–water partition coefficient (Wildman–Crippen LogP) is 3.13. The number of oxime groups is 1. The summed E-state index contributed by atoms with van der Waals surface area (Å²) in [7, 11) is 1.61. The minimum atomic E-state index is 0.0583. The number of methoxy groups -OCH3 is 1. The average Bonchev–Trinajstić information content (AvgIpc) is 2.53. The van der Waals surface area contributed by atoms with Crippen molar-refractivity contribution in [1.82, 2.24) is 0 Å². The number of hydrogen-bond donors (Lipinski definition) is 2. The van der Waals surface area contributed by atoms with E-state index in [4.69, 9.17) is 20.4 Å². The fraction of sp³-hybridized carbons (Fsp3) is 0.133. The molecule has 0 unspecified atom stereocenters. The van der Waals surface area contributed by atoms with Crippen LogP contribution in [0.3, 0.4) is 0 Å². The van der Waals surface area contributed by atoms with Crippen molar-refractivity contribution in [2.75, 3.05) is 7.11 Å². The summed E-state index contributed by atoms with van der Waals surface area (Å²) in [5.41, 5.74) is 7.12. The number of hydrogen-bond acceptors (Lipinski definition) is 4. The third-order valence-corrected chi connectivity index (χ3v) is 3.54. The quantitative estimate of drug-likeness (QED) is 0.376. The predicted molar refractivity (Wildman–Crippen MR) is 84.0 cm³/mol. The molecule has 0 aliphatic carbocycles. The lowest BCUT2D eigenvalue weighted by Crippen LogP contribution is -2.16. The third kappa shape index (κ3) is 3.66. The molecule has 21 heavy (non-hydrogen) atoms. The molecule has 0 amide bonds. The van der Waals surface area contributed by atoms with Gasteiger partial charge in [0.25, 0.3) is 0 Å². The second-order valence-electron chi connectivity index (χ2n) is 4.23. The fourth-order valence-corrected chi connectivity index (χ4v) is 2.30. The van der Waals surface area contributed by atoms with E-state index >= 15 is 0 Å². The zero-order chi connectivity index (χ0) is 15.2. The second-order valence-corrected chi connectivity index (χ2v) is 5.08. The van der Waals surface area contributed by atoms with Crippen LogP contribution in [0.1, 0.15) is 11.1 Å². The molecule has 0 radical (unpaired) electrons. The zero-order valence-corrected chi connectivity index (χ0v) is 13.0. The molecule has 0 aliphatic heterocycles. The lowest BCUT2D eigenvalue weighted by Gasteiger charge is -2.12. The van der Waals surface area contributed by atoms with Gasteiger partial charge in [-0.1, -0.05) is 29.4 Å². The lowest BCUT2D eigenvalue weighted by molar-refractivity contribution is 0.302. The molecule has 5 nitrogen and oxygen atoms in total. The first-order valence-electron chi connectivity index (χ1n) is 6.18. The van der Waals surface area contributed by atoms with Crippen LogP contribution in [0.5, 0.6) is 11.5 Å². The number of halogens is 1. The van der Waals surface area contributed by atoms with Gasteiger partial charge in [0.2, 0.25) is 0 Å². The summed E-state index contributed by atoms with van der Waals surface area (Å²) in [5, 5.41) is 11.8. The normalized spacial score (nSPS) is 11.2. The van der Waals surface area contributed by atoms with Crippen LogP contribution < -0.4 is 15.2 Å². The van der Waals surface area contributed by atoms with Gasteiger partial charge >= 0.3 is 0 Å². The largest absolute Gasteiger partial charge is 0.497 e. The molecule has 0 aliphatic rings. The number of amidine groups is 1. The van der Waals surface area contributed by atoms with E-state index in [1.54, 1.807) is 13.2 Å². The third-order valence-electron chi connectivity index (χ3n) is 2.92. The van der Waals surface area contributed by atoms with Crippen LogP contribution in [0.25, 0.3) is 0 Å². The molecule has 3 N–H and O–H groups in total. The first-order valence-corrected chi connectivity index (χ1v) is 6.97. The molecular formula is C15H15BrN2O3. The molecule has 0 fully saturated rings. The number of nitrogens with two attached hydrogens (primary N) is 1. The molecule has 2 rings (SSSR count). The number of benzene rings is 2. The molecule has 0 atom stereocenters. The highest BCUT2D eigenvalue weighted by Crippen LogP contribution is 2.29. The maximum Gasteiger partial charge on any atom is 0.170 e. The van der Waals surface area contributed by atoms with E-state index in [1.807, 2.05) is 36.4 Å². The molecule has 0 saturated carbocycles. The Bertz CT molecular complexity index is 659. The number of nitrogens with zero attached hydrogens (tertiary/aromatic N) is 1. The first-order chi connectivity index (χ1) is 10.2. The zero-order valence-electron chi connectivity index (χ0n) is 11.4. The SMILES string of the molecule is COc1ccc(OCc2ccccc2/C(N)=N/O)c(Br)c1. The van der Waals surface area contributed by atoms with Crippen molar-refractivity contribution < 1.29 is 14.7 Å². The Kier molecular flexibility index (Phi) is 5.05. The molecule has 2 aromatic carbocycles. The first kappa shape index (κ1) is 15.2. The van der Waals surface area contributed by atoms with Gasteiger partial charge in [0.1, 0.15) is 18.1 Å². The van der Waals surface area contributed by atoms with E-state index in [2.05, 4.69) is 21.1 Å². The van der Waals surface area contributed by atoms with Crippen molar-refractivity contribution in [1.29, 1.82) is 0 Å².